The Balaban J connectivity index is 2.89. The minimum Gasteiger partial charge on any atom is -0.302 e. The first-order valence-corrected chi connectivity index (χ1v) is 5.66. The summed E-state index contributed by atoms with van der Waals surface area (Å²) in [4.78, 5) is 0. The molecule has 0 aromatic carbocycles. The van der Waals surface area contributed by atoms with E-state index in [0.29, 0.717) is 12.8 Å². The van der Waals surface area contributed by atoms with Gasteiger partial charge in [-0.3, -0.25) is 0 Å². The van der Waals surface area contributed by atoms with Crippen molar-refractivity contribution in [3.05, 3.63) is 0 Å². The number of sulfone groups is 1. The molecule has 0 aromatic rings. The highest BCUT2D eigenvalue weighted by Crippen LogP contribution is 2.21. The maximum absolute atomic E-state index is 11.2. The number of nitriles is 1. The molecule has 1 unspecified atom stereocenters. The monoisotopic (exact) mass is 188 g/mol. The smallest absolute Gasteiger partial charge is 0.153 e. The molecule has 0 bridgehead atoms. The summed E-state index contributed by atoms with van der Waals surface area (Å²) in [6, 6.07) is 2.03. The van der Waals surface area contributed by atoms with Crippen LogP contribution in [-0.4, -0.2) is 32.5 Å². The van der Waals surface area contributed by atoms with Crippen LogP contribution in [0.15, 0.2) is 0 Å². The van der Waals surface area contributed by atoms with Crippen LogP contribution < -0.4 is 5.32 Å². The topological polar surface area (TPSA) is 70.0 Å². The lowest BCUT2D eigenvalue weighted by Gasteiger charge is -2.29. The Morgan fingerprint density at radius 1 is 1.58 bits per heavy atom. The largest absolute Gasteiger partial charge is 0.302 e. The molecular weight excluding hydrogens is 176 g/mol. The summed E-state index contributed by atoms with van der Waals surface area (Å²) in [5.74, 6) is 0.172. The molecule has 0 amide bonds. The van der Waals surface area contributed by atoms with E-state index in [0.717, 1.165) is 0 Å². The van der Waals surface area contributed by atoms with Crippen LogP contribution in [0.2, 0.25) is 0 Å². The highest BCUT2D eigenvalue weighted by atomic mass is 32.2. The summed E-state index contributed by atoms with van der Waals surface area (Å²) in [6.07, 6.45) is 1.20. The lowest BCUT2D eigenvalue weighted by molar-refractivity contribution is 0.429. The van der Waals surface area contributed by atoms with Crippen LogP contribution in [0.5, 0.6) is 0 Å². The van der Waals surface area contributed by atoms with Crippen LogP contribution >= 0.6 is 0 Å². The van der Waals surface area contributed by atoms with Gasteiger partial charge in [0.2, 0.25) is 0 Å². The molecule has 12 heavy (non-hydrogen) atoms. The van der Waals surface area contributed by atoms with Crippen LogP contribution in [0, 0.1) is 11.3 Å². The fraction of sp³-hybridized carbons (Fsp3) is 0.857. The molecule has 0 radical (unpaired) electrons. The Labute approximate surface area is 72.5 Å². The van der Waals surface area contributed by atoms with Crippen LogP contribution in [-0.2, 0) is 9.84 Å². The molecule has 1 rings (SSSR count). The van der Waals surface area contributed by atoms with Gasteiger partial charge in [-0.25, -0.2) is 8.42 Å². The lowest BCUT2D eigenvalue weighted by atomic mass is 9.98. The molecule has 1 aliphatic rings. The van der Waals surface area contributed by atoms with E-state index in [4.69, 9.17) is 5.26 Å². The van der Waals surface area contributed by atoms with Crippen molar-refractivity contribution in [2.45, 2.75) is 18.4 Å². The number of nitrogens with zero attached hydrogens (tertiary/aromatic N) is 1. The quantitative estimate of drug-likeness (QED) is 0.612. The Hall–Kier alpha value is -0.600. The van der Waals surface area contributed by atoms with Gasteiger partial charge in [-0.2, -0.15) is 5.26 Å². The van der Waals surface area contributed by atoms with Crippen molar-refractivity contribution < 1.29 is 8.42 Å². The number of hydrogen-bond acceptors (Lipinski definition) is 4. The molecule has 1 atom stereocenters. The Morgan fingerprint density at radius 3 is 2.58 bits per heavy atom. The molecule has 1 heterocycles. The Morgan fingerprint density at radius 2 is 2.25 bits per heavy atom. The third kappa shape index (κ3) is 1.76. The first-order chi connectivity index (χ1) is 5.54. The maximum atomic E-state index is 11.2. The highest BCUT2D eigenvalue weighted by molar-refractivity contribution is 7.91. The SMILES string of the molecule is CNC1(C#N)CCCS(=O)(=O)C1. The molecule has 1 fully saturated rings. The average Bonchev–Trinajstić information content (AvgIpc) is 2.02. The standard InChI is InChI=1S/C7H12N2O2S/c1-9-7(5-8)3-2-4-12(10,11)6-7/h9H,2-4,6H2,1H3. The summed E-state index contributed by atoms with van der Waals surface area (Å²) in [5, 5.41) is 11.6. The van der Waals surface area contributed by atoms with E-state index in [1.54, 1.807) is 7.05 Å². The molecule has 68 valence electrons. The second-order valence-electron chi connectivity index (χ2n) is 3.14. The fourth-order valence-electron chi connectivity index (χ4n) is 1.45. The molecule has 0 spiro atoms. The minimum atomic E-state index is -3.00. The molecule has 0 aliphatic carbocycles. The summed E-state index contributed by atoms with van der Waals surface area (Å²) >= 11 is 0. The van der Waals surface area contributed by atoms with Gasteiger partial charge in [0, 0.05) is 0 Å². The van der Waals surface area contributed by atoms with Gasteiger partial charge in [0.05, 0.1) is 17.6 Å². The second kappa shape index (κ2) is 3.04. The zero-order chi connectivity index (χ0) is 9.24. The summed E-state index contributed by atoms with van der Waals surface area (Å²) in [5.41, 5.74) is -0.836. The second-order valence-corrected chi connectivity index (χ2v) is 5.32. The number of rotatable bonds is 1. The van der Waals surface area contributed by atoms with E-state index in [-0.39, 0.29) is 11.5 Å². The van der Waals surface area contributed by atoms with Crippen LogP contribution in [0.4, 0.5) is 0 Å². The molecule has 5 heteroatoms. The normalized spacial score (nSPS) is 34.0. The number of hydrogen-bond donors (Lipinski definition) is 1. The number of nitrogens with one attached hydrogen (secondary N) is 1. The zero-order valence-electron chi connectivity index (χ0n) is 7.00. The molecule has 0 saturated carbocycles. The van der Waals surface area contributed by atoms with E-state index in [1.165, 1.54) is 0 Å². The van der Waals surface area contributed by atoms with Gasteiger partial charge >= 0.3 is 0 Å². The predicted molar refractivity (Wildman–Crippen MR) is 45.3 cm³/mol. The van der Waals surface area contributed by atoms with Crippen LogP contribution in [0.3, 0.4) is 0 Å². The van der Waals surface area contributed by atoms with E-state index in [2.05, 4.69) is 5.32 Å². The van der Waals surface area contributed by atoms with Gasteiger partial charge in [-0.05, 0) is 19.9 Å². The average molecular weight is 188 g/mol. The zero-order valence-corrected chi connectivity index (χ0v) is 7.82. The molecule has 1 saturated heterocycles. The fourth-order valence-corrected chi connectivity index (χ4v) is 3.29. The van der Waals surface area contributed by atoms with Crippen LogP contribution in [0.1, 0.15) is 12.8 Å². The van der Waals surface area contributed by atoms with Crippen molar-refractivity contribution in [3.63, 3.8) is 0 Å². The summed E-state index contributed by atoms with van der Waals surface area (Å²) in [6.45, 7) is 0. The maximum Gasteiger partial charge on any atom is 0.153 e. The molecular formula is C7H12N2O2S. The van der Waals surface area contributed by atoms with Gasteiger partial charge in [0.25, 0.3) is 0 Å². The van der Waals surface area contributed by atoms with Crippen molar-refractivity contribution in [1.29, 1.82) is 5.26 Å². The lowest BCUT2D eigenvalue weighted by Crippen LogP contribution is -2.50. The van der Waals surface area contributed by atoms with Crippen molar-refractivity contribution in [2.24, 2.45) is 0 Å². The Bertz CT molecular complexity index is 304. The molecule has 4 nitrogen and oxygen atoms in total. The van der Waals surface area contributed by atoms with Crippen LogP contribution in [0.25, 0.3) is 0 Å². The first kappa shape index (κ1) is 9.49. The van der Waals surface area contributed by atoms with Gasteiger partial charge in [-0.1, -0.05) is 0 Å². The summed E-state index contributed by atoms with van der Waals surface area (Å²) < 4.78 is 22.4. The van der Waals surface area contributed by atoms with Gasteiger partial charge in [0.1, 0.15) is 5.54 Å². The van der Waals surface area contributed by atoms with Crippen molar-refractivity contribution in [2.75, 3.05) is 18.6 Å². The molecule has 0 aromatic heterocycles. The molecule has 1 N–H and O–H groups in total. The predicted octanol–water partition coefficient (Wildman–Crippen LogP) is -0.323. The third-order valence-electron chi connectivity index (χ3n) is 2.22. The minimum absolute atomic E-state index is 0.0486. The third-order valence-corrected chi connectivity index (χ3v) is 4.06. The highest BCUT2D eigenvalue weighted by Gasteiger charge is 2.37. The van der Waals surface area contributed by atoms with E-state index >= 15 is 0 Å². The van der Waals surface area contributed by atoms with Crippen molar-refractivity contribution in [1.82, 2.24) is 5.32 Å². The van der Waals surface area contributed by atoms with E-state index in [9.17, 15) is 8.42 Å². The van der Waals surface area contributed by atoms with Gasteiger partial charge in [-0.15, -0.1) is 0 Å². The van der Waals surface area contributed by atoms with Crippen molar-refractivity contribution >= 4 is 9.84 Å². The van der Waals surface area contributed by atoms with Gasteiger partial charge < -0.3 is 5.32 Å². The van der Waals surface area contributed by atoms with Crippen molar-refractivity contribution in [3.8, 4) is 6.07 Å². The summed E-state index contributed by atoms with van der Waals surface area (Å²) in [7, 11) is -1.37. The molecule has 1 aliphatic heterocycles. The Kier molecular flexibility index (Phi) is 2.40. The first-order valence-electron chi connectivity index (χ1n) is 3.84. The van der Waals surface area contributed by atoms with E-state index < -0.39 is 15.4 Å². The van der Waals surface area contributed by atoms with Gasteiger partial charge in [0.15, 0.2) is 9.84 Å². The van der Waals surface area contributed by atoms with E-state index in [1.807, 2.05) is 6.07 Å².